The second-order valence-electron chi connectivity index (χ2n) is 6.93. The minimum atomic E-state index is -3.96. The largest absolute Gasteiger partial charge is 0.493 e. The van der Waals surface area contributed by atoms with Gasteiger partial charge in [0, 0.05) is 44.4 Å². The summed E-state index contributed by atoms with van der Waals surface area (Å²) in [6.07, 6.45) is 0. The van der Waals surface area contributed by atoms with Crippen molar-refractivity contribution in [1.82, 2.24) is 4.31 Å². The fraction of sp³-hybridized carbons (Fsp3) is 0.400. The van der Waals surface area contributed by atoms with Gasteiger partial charge in [0.25, 0.3) is 5.69 Å². The van der Waals surface area contributed by atoms with Crippen LogP contribution in [0, 0.1) is 10.1 Å². The summed E-state index contributed by atoms with van der Waals surface area (Å²) in [4.78, 5) is 12.3. The minimum absolute atomic E-state index is 0.118. The summed E-state index contributed by atoms with van der Waals surface area (Å²) in [5.41, 5.74) is 0.835. The van der Waals surface area contributed by atoms with Gasteiger partial charge in [-0.15, -0.1) is 0 Å². The van der Waals surface area contributed by atoms with Gasteiger partial charge >= 0.3 is 0 Å². The van der Waals surface area contributed by atoms with E-state index in [0.717, 1.165) is 11.6 Å². The van der Waals surface area contributed by atoms with E-state index in [2.05, 4.69) is 0 Å². The Kier molecular flexibility index (Phi) is 6.98. The SMILES string of the molecule is COc1cccc(CN(C)c2ccc([N+](=O)[O-])cc2S(=O)(=O)N2CCOCC2)c1OC. The van der Waals surface area contributed by atoms with Crippen molar-refractivity contribution in [3.8, 4) is 11.5 Å². The molecule has 31 heavy (non-hydrogen) atoms. The maximum absolute atomic E-state index is 13.3. The van der Waals surface area contributed by atoms with E-state index < -0.39 is 14.9 Å². The number of ether oxygens (including phenoxy) is 3. The molecule has 1 aliphatic heterocycles. The quantitative estimate of drug-likeness (QED) is 0.444. The van der Waals surface area contributed by atoms with E-state index in [0.29, 0.717) is 23.7 Å². The monoisotopic (exact) mass is 451 g/mol. The molecular formula is C20H25N3O7S. The second kappa shape index (κ2) is 9.50. The van der Waals surface area contributed by atoms with Crippen molar-refractivity contribution in [3.63, 3.8) is 0 Å². The number of non-ortho nitro benzene ring substituents is 1. The molecule has 0 bridgehead atoms. The Hall–Kier alpha value is -2.89. The van der Waals surface area contributed by atoms with Crippen LogP contribution in [0.15, 0.2) is 41.3 Å². The molecule has 1 saturated heterocycles. The number of morpholine rings is 1. The number of rotatable bonds is 8. The van der Waals surface area contributed by atoms with Gasteiger partial charge in [-0.2, -0.15) is 4.31 Å². The van der Waals surface area contributed by atoms with Gasteiger partial charge in [0.2, 0.25) is 10.0 Å². The molecule has 0 unspecified atom stereocenters. The highest BCUT2D eigenvalue weighted by molar-refractivity contribution is 7.89. The molecule has 0 N–H and O–H groups in total. The molecule has 3 rings (SSSR count). The van der Waals surface area contributed by atoms with E-state index in [-0.39, 0.29) is 36.9 Å². The third-order valence-electron chi connectivity index (χ3n) is 5.05. The van der Waals surface area contributed by atoms with Crippen LogP contribution in [-0.4, -0.2) is 65.2 Å². The molecule has 0 aliphatic carbocycles. The molecule has 0 saturated carbocycles. The molecule has 0 amide bonds. The zero-order valence-electron chi connectivity index (χ0n) is 17.6. The van der Waals surface area contributed by atoms with Crippen molar-refractivity contribution in [3.05, 3.63) is 52.1 Å². The first-order valence-electron chi connectivity index (χ1n) is 9.57. The van der Waals surface area contributed by atoms with Gasteiger partial charge in [-0.25, -0.2) is 8.42 Å². The summed E-state index contributed by atoms with van der Waals surface area (Å²) in [5.74, 6) is 1.09. The average molecular weight is 452 g/mol. The number of anilines is 1. The van der Waals surface area contributed by atoms with E-state index in [9.17, 15) is 18.5 Å². The first-order valence-corrected chi connectivity index (χ1v) is 11.0. The maximum atomic E-state index is 13.3. The summed E-state index contributed by atoms with van der Waals surface area (Å²) in [5, 5.41) is 11.3. The van der Waals surface area contributed by atoms with Crippen molar-refractivity contribution in [2.75, 3.05) is 52.5 Å². The molecule has 0 radical (unpaired) electrons. The lowest BCUT2D eigenvalue weighted by molar-refractivity contribution is -0.385. The molecule has 1 heterocycles. The number of hydrogen-bond donors (Lipinski definition) is 0. The highest BCUT2D eigenvalue weighted by atomic mass is 32.2. The van der Waals surface area contributed by atoms with Crippen molar-refractivity contribution in [1.29, 1.82) is 0 Å². The summed E-state index contributed by atoms with van der Waals surface area (Å²) >= 11 is 0. The van der Waals surface area contributed by atoms with Crippen LogP contribution in [0.1, 0.15) is 5.56 Å². The first-order chi connectivity index (χ1) is 14.8. The number of hydrogen-bond acceptors (Lipinski definition) is 8. The molecule has 0 atom stereocenters. The second-order valence-corrected chi connectivity index (χ2v) is 8.84. The number of nitro benzene ring substituents is 1. The van der Waals surface area contributed by atoms with E-state index in [1.807, 2.05) is 12.1 Å². The average Bonchev–Trinajstić information content (AvgIpc) is 2.78. The molecular weight excluding hydrogens is 426 g/mol. The minimum Gasteiger partial charge on any atom is -0.493 e. The molecule has 1 fully saturated rings. The zero-order valence-corrected chi connectivity index (χ0v) is 18.4. The van der Waals surface area contributed by atoms with E-state index in [1.165, 1.54) is 30.7 Å². The number of para-hydroxylation sites is 1. The summed E-state index contributed by atoms with van der Waals surface area (Å²) in [6, 6.07) is 9.29. The Balaban J connectivity index is 2.04. The Morgan fingerprint density at radius 2 is 1.87 bits per heavy atom. The number of methoxy groups -OCH3 is 2. The van der Waals surface area contributed by atoms with Gasteiger partial charge in [0.15, 0.2) is 11.5 Å². The van der Waals surface area contributed by atoms with Gasteiger partial charge in [-0.05, 0) is 12.1 Å². The topological polar surface area (TPSA) is 111 Å². The molecule has 2 aromatic rings. The number of nitrogens with zero attached hydrogens (tertiary/aromatic N) is 3. The molecule has 0 spiro atoms. The van der Waals surface area contributed by atoms with Crippen LogP contribution in [0.2, 0.25) is 0 Å². The van der Waals surface area contributed by atoms with Crippen LogP contribution in [0.25, 0.3) is 0 Å². The summed E-state index contributed by atoms with van der Waals surface area (Å²) in [7, 11) is 0.823. The van der Waals surface area contributed by atoms with Gasteiger partial charge in [0.1, 0.15) is 4.90 Å². The fourth-order valence-corrected chi connectivity index (χ4v) is 5.15. The van der Waals surface area contributed by atoms with E-state index in [4.69, 9.17) is 14.2 Å². The van der Waals surface area contributed by atoms with Crippen LogP contribution in [0.3, 0.4) is 0 Å². The van der Waals surface area contributed by atoms with Gasteiger partial charge < -0.3 is 19.1 Å². The van der Waals surface area contributed by atoms with Crippen molar-refractivity contribution < 1.29 is 27.6 Å². The van der Waals surface area contributed by atoms with Gasteiger partial charge in [-0.3, -0.25) is 10.1 Å². The van der Waals surface area contributed by atoms with Crippen molar-refractivity contribution in [2.24, 2.45) is 0 Å². The summed E-state index contributed by atoms with van der Waals surface area (Å²) < 4.78 is 44.0. The van der Waals surface area contributed by atoms with E-state index in [1.54, 1.807) is 18.0 Å². The number of benzene rings is 2. The third-order valence-corrected chi connectivity index (χ3v) is 6.97. The highest BCUT2D eigenvalue weighted by Gasteiger charge is 2.31. The fourth-order valence-electron chi connectivity index (χ4n) is 3.48. The molecule has 168 valence electrons. The Labute approximate surface area is 181 Å². The van der Waals surface area contributed by atoms with Crippen LogP contribution >= 0.6 is 0 Å². The lowest BCUT2D eigenvalue weighted by Gasteiger charge is -2.29. The predicted octanol–water partition coefficient (Wildman–Crippen LogP) is 2.27. The number of nitro groups is 1. The maximum Gasteiger partial charge on any atom is 0.270 e. The van der Waals surface area contributed by atoms with Crippen molar-refractivity contribution >= 4 is 21.4 Å². The van der Waals surface area contributed by atoms with Crippen LogP contribution < -0.4 is 14.4 Å². The Bertz CT molecular complexity index is 1050. The molecule has 2 aromatic carbocycles. The predicted molar refractivity (Wildman–Crippen MR) is 114 cm³/mol. The first kappa shape index (κ1) is 22.8. The lowest BCUT2D eigenvalue weighted by atomic mass is 10.1. The van der Waals surface area contributed by atoms with E-state index >= 15 is 0 Å². The molecule has 0 aromatic heterocycles. The van der Waals surface area contributed by atoms with Crippen LogP contribution in [-0.2, 0) is 21.3 Å². The number of sulfonamides is 1. The Morgan fingerprint density at radius 3 is 2.48 bits per heavy atom. The zero-order chi connectivity index (χ0) is 22.6. The smallest absolute Gasteiger partial charge is 0.270 e. The normalized spacial score (nSPS) is 14.8. The van der Waals surface area contributed by atoms with Crippen LogP contribution in [0.4, 0.5) is 11.4 Å². The van der Waals surface area contributed by atoms with Gasteiger partial charge in [0.05, 0.1) is 38.0 Å². The lowest BCUT2D eigenvalue weighted by Crippen LogP contribution is -2.41. The molecule has 1 aliphatic rings. The van der Waals surface area contributed by atoms with Gasteiger partial charge in [-0.1, -0.05) is 12.1 Å². The molecule has 11 heteroatoms. The standard InChI is InChI=1S/C20H25N3O7S/c1-21(14-15-5-4-6-18(28-2)20(15)29-3)17-8-7-16(23(24)25)13-19(17)31(26,27)22-9-11-30-12-10-22/h4-8,13H,9-12,14H2,1-3H3. The third kappa shape index (κ3) is 4.73. The molecule has 10 nitrogen and oxygen atoms in total. The highest BCUT2D eigenvalue weighted by Crippen LogP contribution is 2.35. The summed E-state index contributed by atoms with van der Waals surface area (Å²) in [6.45, 7) is 1.24. The van der Waals surface area contributed by atoms with Crippen LogP contribution in [0.5, 0.6) is 11.5 Å². The van der Waals surface area contributed by atoms with Crippen molar-refractivity contribution in [2.45, 2.75) is 11.4 Å². The Morgan fingerprint density at radius 1 is 1.16 bits per heavy atom.